The molecular formula is C24H25N3O3. The summed E-state index contributed by atoms with van der Waals surface area (Å²) in [7, 11) is 1.59. The van der Waals surface area contributed by atoms with Crippen molar-refractivity contribution in [1.29, 1.82) is 0 Å². The topological polar surface area (TPSA) is 72.8 Å². The molecular weight excluding hydrogens is 378 g/mol. The fraction of sp³-hybridized carbons (Fsp3) is 0.292. The van der Waals surface area contributed by atoms with Gasteiger partial charge in [-0.25, -0.2) is 5.43 Å². The molecule has 0 unspecified atom stereocenters. The number of fused-ring (bicyclic) bond motifs is 1. The number of carbonyl (C=O) groups excluding carboxylic acids is 1. The number of nitrogens with zero attached hydrogens (tertiary/aromatic N) is 2. The molecule has 4 rings (SSSR count). The van der Waals surface area contributed by atoms with E-state index in [1.54, 1.807) is 13.3 Å². The van der Waals surface area contributed by atoms with Gasteiger partial charge in [0.15, 0.2) is 11.5 Å². The maximum Gasteiger partial charge on any atom is 0.272 e. The number of hydrogen-bond acceptors (Lipinski definition) is 5. The number of hydrazone groups is 1. The number of methoxy groups -OCH3 is 1. The minimum Gasteiger partial charge on any atom is -0.493 e. The van der Waals surface area contributed by atoms with E-state index >= 15 is 0 Å². The quantitative estimate of drug-likeness (QED) is 0.460. The number of carbonyl (C=O) groups is 1. The molecule has 1 aliphatic rings. The molecule has 0 atom stereocenters. The Morgan fingerprint density at radius 3 is 2.70 bits per heavy atom. The fourth-order valence-corrected chi connectivity index (χ4v) is 3.31. The van der Waals surface area contributed by atoms with Gasteiger partial charge in [0.05, 0.1) is 30.5 Å². The SMILES string of the molecule is COc1cc(/C=N\NC(=O)c2cc(C3CC3)nc3ccccc23)ccc1OC(C)C. The Balaban J connectivity index is 1.53. The van der Waals surface area contributed by atoms with E-state index in [-0.39, 0.29) is 12.0 Å². The van der Waals surface area contributed by atoms with Crippen LogP contribution in [0.2, 0.25) is 0 Å². The first-order chi connectivity index (χ1) is 14.5. The van der Waals surface area contributed by atoms with Crippen LogP contribution in [0.3, 0.4) is 0 Å². The first-order valence-corrected chi connectivity index (χ1v) is 10.1. The summed E-state index contributed by atoms with van der Waals surface area (Å²) in [5.74, 6) is 1.50. The Morgan fingerprint density at radius 1 is 1.17 bits per heavy atom. The lowest BCUT2D eigenvalue weighted by Gasteiger charge is -2.13. The average molecular weight is 403 g/mol. The van der Waals surface area contributed by atoms with Gasteiger partial charge < -0.3 is 9.47 Å². The van der Waals surface area contributed by atoms with Crippen LogP contribution in [0.4, 0.5) is 0 Å². The molecule has 3 aromatic rings. The number of hydrogen-bond donors (Lipinski definition) is 1. The molecule has 1 N–H and O–H groups in total. The maximum atomic E-state index is 12.8. The Hall–Kier alpha value is -3.41. The largest absolute Gasteiger partial charge is 0.493 e. The van der Waals surface area contributed by atoms with E-state index in [1.165, 1.54) is 0 Å². The Morgan fingerprint density at radius 2 is 1.97 bits per heavy atom. The third kappa shape index (κ3) is 4.43. The van der Waals surface area contributed by atoms with Gasteiger partial charge in [-0.3, -0.25) is 9.78 Å². The fourth-order valence-electron chi connectivity index (χ4n) is 3.31. The molecule has 1 aliphatic carbocycles. The lowest BCUT2D eigenvalue weighted by molar-refractivity contribution is 0.0956. The molecule has 2 aromatic carbocycles. The smallest absolute Gasteiger partial charge is 0.272 e. The number of aromatic nitrogens is 1. The lowest BCUT2D eigenvalue weighted by atomic mass is 10.1. The first kappa shape index (κ1) is 19.9. The van der Waals surface area contributed by atoms with E-state index in [2.05, 4.69) is 10.5 Å². The van der Waals surface area contributed by atoms with Crippen molar-refractivity contribution in [3.8, 4) is 11.5 Å². The van der Waals surface area contributed by atoms with Crippen molar-refractivity contribution in [2.45, 2.75) is 38.7 Å². The van der Waals surface area contributed by atoms with Gasteiger partial charge in [-0.05, 0) is 62.6 Å². The van der Waals surface area contributed by atoms with Crippen LogP contribution in [-0.4, -0.2) is 30.3 Å². The molecule has 1 heterocycles. The second-order valence-electron chi connectivity index (χ2n) is 7.66. The van der Waals surface area contributed by atoms with Gasteiger partial charge in [0.2, 0.25) is 0 Å². The number of nitrogens with one attached hydrogen (secondary N) is 1. The average Bonchev–Trinajstić information content (AvgIpc) is 3.59. The molecule has 154 valence electrons. The second-order valence-corrected chi connectivity index (χ2v) is 7.66. The van der Waals surface area contributed by atoms with Crippen molar-refractivity contribution in [2.75, 3.05) is 7.11 Å². The van der Waals surface area contributed by atoms with Crippen LogP contribution in [-0.2, 0) is 0 Å². The number of rotatable bonds is 7. The summed E-state index contributed by atoms with van der Waals surface area (Å²) < 4.78 is 11.1. The van der Waals surface area contributed by atoms with E-state index in [1.807, 2.05) is 62.4 Å². The van der Waals surface area contributed by atoms with Gasteiger partial charge in [0, 0.05) is 17.0 Å². The van der Waals surface area contributed by atoms with E-state index in [4.69, 9.17) is 14.5 Å². The van der Waals surface area contributed by atoms with Crippen molar-refractivity contribution in [3.05, 3.63) is 65.4 Å². The molecule has 6 heteroatoms. The van der Waals surface area contributed by atoms with Crippen LogP contribution in [0.1, 0.15) is 54.2 Å². The molecule has 0 saturated heterocycles. The Bertz CT molecular complexity index is 1100. The molecule has 1 aromatic heterocycles. The Labute approximate surface area is 175 Å². The van der Waals surface area contributed by atoms with Crippen molar-refractivity contribution in [3.63, 3.8) is 0 Å². The highest BCUT2D eigenvalue weighted by Gasteiger charge is 2.26. The normalized spacial score (nSPS) is 13.7. The van der Waals surface area contributed by atoms with Crippen molar-refractivity contribution in [2.24, 2.45) is 5.10 Å². The Kier molecular flexibility index (Phi) is 5.65. The lowest BCUT2D eigenvalue weighted by Crippen LogP contribution is -2.18. The molecule has 30 heavy (non-hydrogen) atoms. The van der Waals surface area contributed by atoms with E-state index < -0.39 is 0 Å². The van der Waals surface area contributed by atoms with Gasteiger partial charge in [0.25, 0.3) is 5.91 Å². The minimum absolute atomic E-state index is 0.0495. The van der Waals surface area contributed by atoms with Gasteiger partial charge in [-0.2, -0.15) is 5.10 Å². The summed E-state index contributed by atoms with van der Waals surface area (Å²) in [5.41, 5.74) is 5.84. The summed E-state index contributed by atoms with van der Waals surface area (Å²) in [6, 6.07) is 15.1. The molecule has 0 spiro atoms. The van der Waals surface area contributed by atoms with Crippen LogP contribution in [0.15, 0.2) is 53.6 Å². The monoisotopic (exact) mass is 403 g/mol. The van der Waals surface area contributed by atoms with Crippen LogP contribution in [0.25, 0.3) is 10.9 Å². The second kappa shape index (κ2) is 8.53. The van der Waals surface area contributed by atoms with Gasteiger partial charge in [-0.15, -0.1) is 0 Å². The van der Waals surface area contributed by atoms with Crippen molar-refractivity contribution in [1.82, 2.24) is 10.4 Å². The molecule has 6 nitrogen and oxygen atoms in total. The highest BCUT2D eigenvalue weighted by Crippen LogP contribution is 2.40. The summed E-state index contributed by atoms with van der Waals surface area (Å²) in [6.45, 7) is 3.92. The van der Waals surface area contributed by atoms with Gasteiger partial charge >= 0.3 is 0 Å². The minimum atomic E-state index is -0.251. The highest BCUT2D eigenvalue weighted by molar-refractivity contribution is 6.06. The van der Waals surface area contributed by atoms with E-state index in [9.17, 15) is 4.79 Å². The van der Waals surface area contributed by atoms with Crippen molar-refractivity contribution >= 4 is 23.0 Å². The maximum absolute atomic E-state index is 12.8. The van der Waals surface area contributed by atoms with Crippen LogP contribution < -0.4 is 14.9 Å². The molecule has 1 fully saturated rings. The number of para-hydroxylation sites is 1. The number of ether oxygens (including phenoxy) is 2. The van der Waals surface area contributed by atoms with Gasteiger partial charge in [0.1, 0.15) is 0 Å². The van der Waals surface area contributed by atoms with Crippen LogP contribution in [0.5, 0.6) is 11.5 Å². The molecule has 0 bridgehead atoms. The molecule has 1 amide bonds. The van der Waals surface area contributed by atoms with Crippen molar-refractivity contribution < 1.29 is 14.3 Å². The highest BCUT2D eigenvalue weighted by atomic mass is 16.5. The molecule has 0 radical (unpaired) electrons. The zero-order valence-electron chi connectivity index (χ0n) is 17.4. The predicted molar refractivity (Wildman–Crippen MR) is 118 cm³/mol. The van der Waals surface area contributed by atoms with Crippen LogP contribution >= 0.6 is 0 Å². The third-order valence-corrected chi connectivity index (χ3v) is 4.91. The summed E-state index contributed by atoms with van der Waals surface area (Å²) >= 11 is 0. The number of benzene rings is 2. The van der Waals surface area contributed by atoms with E-state index in [0.29, 0.717) is 23.0 Å². The summed E-state index contributed by atoms with van der Waals surface area (Å²) in [6.07, 6.45) is 3.89. The summed E-state index contributed by atoms with van der Waals surface area (Å²) in [5, 5.41) is 4.96. The summed E-state index contributed by atoms with van der Waals surface area (Å²) in [4.78, 5) is 17.6. The zero-order valence-corrected chi connectivity index (χ0v) is 17.4. The number of pyridine rings is 1. The zero-order chi connectivity index (χ0) is 21.1. The number of amides is 1. The molecule has 1 saturated carbocycles. The van der Waals surface area contributed by atoms with Crippen LogP contribution in [0, 0.1) is 0 Å². The molecule has 0 aliphatic heterocycles. The standard InChI is InChI=1S/C24H25N3O3/c1-15(2)30-22-11-8-16(12-23(22)29-3)14-25-27-24(28)19-13-21(17-9-10-17)26-20-7-5-4-6-18(19)20/h4-8,11-15,17H,9-10H2,1-3H3,(H,27,28)/b25-14-. The first-order valence-electron chi connectivity index (χ1n) is 10.1. The van der Waals surface area contributed by atoms with E-state index in [0.717, 1.165) is 35.0 Å². The third-order valence-electron chi connectivity index (χ3n) is 4.91. The predicted octanol–water partition coefficient (Wildman–Crippen LogP) is 4.67. The van der Waals surface area contributed by atoms with Gasteiger partial charge in [-0.1, -0.05) is 18.2 Å².